The predicted octanol–water partition coefficient (Wildman–Crippen LogP) is 4.37. The second-order valence-corrected chi connectivity index (χ2v) is 6.91. The van der Waals surface area contributed by atoms with Crippen LogP contribution in [0.2, 0.25) is 0 Å². The second kappa shape index (κ2) is 6.81. The molecular weight excluding hydrogens is 294 g/mol. The van der Waals surface area contributed by atoms with E-state index in [1.807, 2.05) is 11.8 Å². The molecule has 1 unspecified atom stereocenters. The van der Waals surface area contributed by atoms with Crippen LogP contribution >= 0.6 is 27.7 Å². The minimum absolute atomic E-state index is 0.452. The normalized spacial score (nSPS) is 18.5. The lowest BCUT2D eigenvalue weighted by Gasteiger charge is -2.17. The standard InChI is InChI=1S/C14H20BrNS/c15-13-7-3-6-12(8-13)14(9-16)17-10-11-4-1-2-5-11/h3,6-8,11,14H,1-2,4-5,9-10,16H2. The fraction of sp³-hybridized carbons (Fsp3) is 0.571. The Morgan fingerprint density at radius 2 is 2.12 bits per heavy atom. The molecule has 17 heavy (non-hydrogen) atoms. The molecule has 1 aromatic rings. The number of nitrogens with two attached hydrogens (primary N) is 1. The first-order valence-corrected chi connectivity index (χ1v) is 8.21. The number of hydrogen-bond donors (Lipinski definition) is 1. The van der Waals surface area contributed by atoms with Gasteiger partial charge in [0.1, 0.15) is 0 Å². The fourth-order valence-corrected chi connectivity index (χ4v) is 4.17. The Morgan fingerprint density at radius 3 is 2.76 bits per heavy atom. The van der Waals surface area contributed by atoms with Crippen molar-refractivity contribution in [2.75, 3.05) is 12.3 Å². The molecular formula is C14H20BrNS. The van der Waals surface area contributed by atoms with Gasteiger partial charge < -0.3 is 5.73 Å². The monoisotopic (exact) mass is 313 g/mol. The lowest BCUT2D eigenvalue weighted by Crippen LogP contribution is -2.11. The molecule has 0 bridgehead atoms. The van der Waals surface area contributed by atoms with Crippen molar-refractivity contribution in [3.8, 4) is 0 Å². The van der Waals surface area contributed by atoms with E-state index in [0.29, 0.717) is 5.25 Å². The fourth-order valence-electron chi connectivity index (χ4n) is 2.44. The van der Waals surface area contributed by atoms with E-state index in [9.17, 15) is 0 Å². The Hall–Kier alpha value is 0.01000. The van der Waals surface area contributed by atoms with Crippen LogP contribution in [0.4, 0.5) is 0 Å². The Labute approximate surface area is 117 Å². The van der Waals surface area contributed by atoms with E-state index in [0.717, 1.165) is 16.9 Å². The molecule has 0 radical (unpaired) electrons. The topological polar surface area (TPSA) is 26.0 Å². The van der Waals surface area contributed by atoms with Crippen molar-refractivity contribution in [3.63, 3.8) is 0 Å². The van der Waals surface area contributed by atoms with E-state index in [4.69, 9.17) is 5.73 Å². The van der Waals surface area contributed by atoms with Gasteiger partial charge in [0.25, 0.3) is 0 Å². The zero-order valence-corrected chi connectivity index (χ0v) is 12.5. The number of thioether (sulfide) groups is 1. The van der Waals surface area contributed by atoms with Crippen LogP contribution < -0.4 is 5.73 Å². The lowest BCUT2D eigenvalue weighted by molar-refractivity contribution is 0.621. The van der Waals surface area contributed by atoms with Gasteiger partial charge >= 0.3 is 0 Å². The summed E-state index contributed by atoms with van der Waals surface area (Å²) in [4.78, 5) is 0. The summed E-state index contributed by atoms with van der Waals surface area (Å²) in [5.74, 6) is 2.20. The molecule has 0 aliphatic heterocycles. The van der Waals surface area contributed by atoms with Gasteiger partial charge in [0.05, 0.1) is 0 Å². The molecule has 1 fully saturated rings. The van der Waals surface area contributed by atoms with Gasteiger partial charge in [-0.05, 0) is 42.2 Å². The smallest absolute Gasteiger partial charge is 0.0420 e. The molecule has 1 atom stereocenters. The molecule has 2 N–H and O–H groups in total. The summed E-state index contributed by atoms with van der Waals surface area (Å²) in [7, 11) is 0. The summed E-state index contributed by atoms with van der Waals surface area (Å²) >= 11 is 5.56. The summed E-state index contributed by atoms with van der Waals surface area (Å²) in [5.41, 5.74) is 7.26. The molecule has 0 spiro atoms. The summed E-state index contributed by atoms with van der Waals surface area (Å²) < 4.78 is 1.15. The molecule has 1 aliphatic carbocycles. The summed E-state index contributed by atoms with van der Waals surface area (Å²) in [6.07, 6.45) is 5.69. The zero-order chi connectivity index (χ0) is 12.1. The molecule has 1 aromatic carbocycles. The minimum atomic E-state index is 0.452. The van der Waals surface area contributed by atoms with Gasteiger partial charge in [-0.3, -0.25) is 0 Å². The van der Waals surface area contributed by atoms with Crippen molar-refractivity contribution >= 4 is 27.7 Å². The largest absolute Gasteiger partial charge is 0.329 e. The van der Waals surface area contributed by atoms with Crippen LogP contribution in [0.25, 0.3) is 0 Å². The molecule has 2 rings (SSSR count). The van der Waals surface area contributed by atoms with Gasteiger partial charge in [0.2, 0.25) is 0 Å². The molecule has 1 nitrogen and oxygen atoms in total. The van der Waals surface area contributed by atoms with Crippen LogP contribution in [-0.2, 0) is 0 Å². The molecule has 0 heterocycles. The van der Waals surface area contributed by atoms with Crippen LogP contribution in [0.3, 0.4) is 0 Å². The predicted molar refractivity (Wildman–Crippen MR) is 80.4 cm³/mol. The first kappa shape index (κ1) is 13.4. The molecule has 1 saturated carbocycles. The number of benzene rings is 1. The Bertz CT molecular complexity index is 350. The van der Waals surface area contributed by atoms with Crippen molar-refractivity contribution in [2.24, 2.45) is 11.7 Å². The minimum Gasteiger partial charge on any atom is -0.329 e. The summed E-state index contributed by atoms with van der Waals surface area (Å²) in [6.45, 7) is 0.730. The number of hydrogen-bond acceptors (Lipinski definition) is 2. The summed E-state index contributed by atoms with van der Waals surface area (Å²) in [6, 6.07) is 8.54. The molecule has 0 amide bonds. The third kappa shape index (κ3) is 4.01. The van der Waals surface area contributed by atoms with Gasteiger partial charge in [-0.1, -0.05) is 40.9 Å². The van der Waals surface area contributed by atoms with E-state index < -0.39 is 0 Å². The van der Waals surface area contributed by atoms with Crippen LogP contribution in [0.1, 0.15) is 36.5 Å². The van der Waals surface area contributed by atoms with Crippen molar-refractivity contribution in [1.82, 2.24) is 0 Å². The highest BCUT2D eigenvalue weighted by molar-refractivity contribution is 9.10. The average Bonchev–Trinajstić information content (AvgIpc) is 2.83. The highest BCUT2D eigenvalue weighted by Gasteiger charge is 2.18. The SMILES string of the molecule is NCC(SCC1CCCC1)c1cccc(Br)c1. The van der Waals surface area contributed by atoms with Gasteiger partial charge in [0.15, 0.2) is 0 Å². The second-order valence-electron chi connectivity index (χ2n) is 4.76. The van der Waals surface area contributed by atoms with E-state index in [1.54, 1.807) is 0 Å². The summed E-state index contributed by atoms with van der Waals surface area (Å²) in [5, 5.41) is 0.452. The third-order valence-corrected chi connectivity index (χ3v) is 5.47. The van der Waals surface area contributed by atoms with E-state index in [-0.39, 0.29) is 0 Å². The Balaban J connectivity index is 1.91. The van der Waals surface area contributed by atoms with Gasteiger partial charge in [-0.25, -0.2) is 0 Å². The van der Waals surface area contributed by atoms with Crippen molar-refractivity contribution in [3.05, 3.63) is 34.3 Å². The van der Waals surface area contributed by atoms with Crippen LogP contribution in [-0.4, -0.2) is 12.3 Å². The molecule has 0 saturated heterocycles. The quantitative estimate of drug-likeness (QED) is 0.873. The van der Waals surface area contributed by atoms with E-state index >= 15 is 0 Å². The molecule has 0 aromatic heterocycles. The first-order chi connectivity index (χ1) is 8.29. The average molecular weight is 314 g/mol. The highest BCUT2D eigenvalue weighted by Crippen LogP contribution is 2.35. The maximum Gasteiger partial charge on any atom is 0.0420 e. The van der Waals surface area contributed by atoms with Crippen molar-refractivity contribution in [2.45, 2.75) is 30.9 Å². The molecule has 1 aliphatic rings. The zero-order valence-electron chi connectivity index (χ0n) is 10.1. The third-order valence-electron chi connectivity index (χ3n) is 3.44. The van der Waals surface area contributed by atoms with Crippen molar-refractivity contribution in [1.29, 1.82) is 0 Å². The van der Waals surface area contributed by atoms with Crippen LogP contribution in [0.5, 0.6) is 0 Å². The Kier molecular flexibility index (Phi) is 5.39. The molecule has 3 heteroatoms. The van der Waals surface area contributed by atoms with Crippen LogP contribution in [0, 0.1) is 5.92 Å². The van der Waals surface area contributed by atoms with Gasteiger partial charge in [-0.15, -0.1) is 0 Å². The number of halogens is 1. The van der Waals surface area contributed by atoms with Crippen LogP contribution in [0.15, 0.2) is 28.7 Å². The highest BCUT2D eigenvalue weighted by atomic mass is 79.9. The van der Waals surface area contributed by atoms with Gasteiger partial charge in [0, 0.05) is 16.3 Å². The van der Waals surface area contributed by atoms with E-state index in [2.05, 4.69) is 40.2 Å². The maximum absolute atomic E-state index is 5.90. The van der Waals surface area contributed by atoms with Crippen molar-refractivity contribution < 1.29 is 0 Å². The molecule has 94 valence electrons. The number of rotatable bonds is 5. The van der Waals surface area contributed by atoms with E-state index in [1.165, 1.54) is 37.0 Å². The Morgan fingerprint density at radius 1 is 1.35 bits per heavy atom. The lowest BCUT2D eigenvalue weighted by atomic mass is 10.1. The maximum atomic E-state index is 5.90. The van der Waals surface area contributed by atoms with Gasteiger partial charge in [-0.2, -0.15) is 11.8 Å². The first-order valence-electron chi connectivity index (χ1n) is 6.36.